The van der Waals surface area contributed by atoms with Gasteiger partial charge in [0.2, 0.25) is 5.91 Å². The van der Waals surface area contributed by atoms with Crippen molar-refractivity contribution in [2.45, 2.75) is 64.2 Å². The van der Waals surface area contributed by atoms with Gasteiger partial charge >= 0.3 is 0 Å². The van der Waals surface area contributed by atoms with Crippen molar-refractivity contribution >= 4 is 5.91 Å². The van der Waals surface area contributed by atoms with E-state index in [-0.39, 0.29) is 17.6 Å². The molecule has 0 aliphatic heterocycles. The van der Waals surface area contributed by atoms with Gasteiger partial charge in [-0.3, -0.25) is 4.79 Å². The number of carbonyl (C=O) groups excluding carboxylic acids is 1. The Bertz CT molecular complexity index is 386. The van der Waals surface area contributed by atoms with Crippen LogP contribution in [0.3, 0.4) is 0 Å². The van der Waals surface area contributed by atoms with Gasteiger partial charge in [-0.15, -0.1) is 0 Å². The van der Waals surface area contributed by atoms with E-state index in [1.54, 1.807) is 24.3 Å². The zero-order valence-electron chi connectivity index (χ0n) is 12.5. The highest BCUT2D eigenvalue weighted by molar-refractivity contribution is 5.81. The Morgan fingerprint density at radius 2 is 1.60 bits per heavy atom. The average Bonchev–Trinajstić information content (AvgIpc) is 2.43. The number of rotatable bonds is 10. The predicted octanol–water partition coefficient (Wildman–Crippen LogP) is 4.10. The summed E-state index contributed by atoms with van der Waals surface area (Å²) in [5.41, 5.74) is 6.39. The van der Waals surface area contributed by atoms with Crippen LogP contribution in [0.15, 0.2) is 24.3 Å². The first-order valence-corrected chi connectivity index (χ1v) is 7.73. The molecule has 1 unspecified atom stereocenters. The summed E-state index contributed by atoms with van der Waals surface area (Å²) >= 11 is 0. The first-order chi connectivity index (χ1) is 9.65. The molecule has 0 aliphatic rings. The molecular weight excluding hydrogens is 250 g/mol. The Labute approximate surface area is 122 Å². The Morgan fingerprint density at radius 1 is 1.05 bits per heavy atom. The number of unbranched alkanes of at least 4 members (excludes halogenated alkanes) is 6. The molecule has 3 heteroatoms. The Kier molecular flexibility index (Phi) is 7.78. The largest absolute Gasteiger partial charge is 0.508 e. The van der Waals surface area contributed by atoms with E-state index >= 15 is 0 Å². The highest BCUT2D eigenvalue weighted by Gasteiger charge is 2.17. The number of benzene rings is 1. The molecule has 0 saturated carbocycles. The van der Waals surface area contributed by atoms with Crippen molar-refractivity contribution in [1.82, 2.24) is 0 Å². The Hall–Kier alpha value is -1.51. The molecule has 0 saturated heterocycles. The molecule has 0 bridgehead atoms. The zero-order chi connectivity index (χ0) is 14.8. The van der Waals surface area contributed by atoms with Gasteiger partial charge in [0.1, 0.15) is 5.75 Å². The fraction of sp³-hybridized carbons (Fsp3) is 0.588. The number of amides is 1. The first kappa shape index (κ1) is 16.5. The summed E-state index contributed by atoms with van der Waals surface area (Å²) in [6, 6.07) is 6.78. The Morgan fingerprint density at radius 3 is 2.15 bits per heavy atom. The second-order valence-electron chi connectivity index (χ2n) is 5.46. The summed E-state index contributed by atoms with van der Waals surface area (Å²) in [6.07, 6.45) is 9.41. The number of hydrogen-bond acceptors (Lipinski definition) is 2. The third kappa shape index (κ3) is 6.09. The van der Waals surface area contributed by atoms with Crippen molar-refractivity contribution in [2.24, 2.45) is 5.73 Å². The van der Waals surface area contributed by atoms with Gasteiger partial charge in [0.05, 0.1) is 5.92 Å². The van der Waals surface area contributed by atoms with Crippen LogP contribution in [0.1, 0.15) is 69.8 Å². The van der Waals surface area contributed by atoms with Crippen molar-refractivity contribution < 1.29 is 9.90 Å². The number of hydrogen-bond donors (Lipinski definition) is 2. The molecule has 0 spiro atoms. The molecule has 1 aromatic rings. The van der Waals surface area contributed by atoms with Crippen molar-refractivity contribution in [2.75, 3.05) is 0 Å². The minimum atomic E-state index is -0.276. The van der Waals surface area contributed by atoms with Gasteiger partial charge in [-0.05, 0) is 24.1 Å². The fourth-order valence-corrected chi connectivity index (χ4v) is 2.49. The topological polar surface area (TPSA) is 63.3 Å². The lowest BCUT2D eigenvalue weighted by atomic mass is 9.92. The van der Waals surface area contributed by atoms with Gasteiger partial charge in [0.15, 0.2) is 0 Å². The van der Waals surface area contributed by atoms with Gasteiger partial charge < -0.3 is 10.8 Å². The molecule has 112 valence electrons. The van der Waals surface area contributed by atoms with Crippen molar-refractivity contribution in [1.29, 1.82) is 0 Å². The second-order valence-corrected chi connectivity index (χ2v) is 5.46. The van der Waals surface area contributed by atoms with Crippen LogP contribution in [0.25, 0.3) is 0 Å². The number of phenolic OH excluding ortho intramolecular Hbond substituents is 1. The molecular formula is C17H27NO2. The molecule has 1 atom stereocenters. The number of nitrogens with two attached hydrogens (primary N) is 1. The molecule has 0 heterocycles. The van der Waals surface area contributed by atoms with E-state index in [0.29, 0.717) is 0 Å². The molecule has 0 fully saturated rings. The van der Waals surface area contributed by atoms with Crippen LogP contribution in [0.2, 0.25) is 0 Å². The van der Waals surface area contributed by atoms with Crippen LogP contribution in [0, 0.1) is 0 Å². The molecule has 20 heavy (non-hydrogen) atoms. The van der Waals surface area contributed by atoms with Gasteiger partial charge in [0.25, 0.3) is 0 Å². The lowest BCUT2D eigenvalue weighted by Crippen LogP contribution is -2.21. The maximum Gasteiger partial charge on any atom is 0.224 e. The quantitative estimate of drug-likeness (QED) is 0.632. The minimum absolute atomic E-state index is 0.216. The summed E-state index contributed by atoms with van der Waals surface area (Å²) in [7, 11) is 0. The number of aromatic hydroxyl groups is 1. The van der Waals surface area contributed by atoms with E-state index in [1.165, 1.54) is 32.1 Å². The lowest BCUT2D eigenvalue weighted by molar-refractivity contribution is -0.119. The molecule has 3 nitrogen and oxygen atoms in total. The number of primary amides is 1. The highest BCUT2D eigenvalue weighted by atomic mass is 16.3. The molecule has 0 aliphatic carbocycles. The van der Waals surface area contributed by atoms with Crippen LogP contribution < -0.4 is 5.73 Å². The normalized spacial score (nSPS) is 12.2. The SMILES string of the molecule is CCCCCCCCCC(C(N)=O)c1ccc(O)cc1. The lowest BCUT2D eigenvalue weighted by Gasteiger charge is -2.13. The van der Waals surface area contributed by atoms with Gasteiger partial charge in [-0.25, -0.2) is 0 Å². The minimum Gasteiger partial charge on any atom is -0.508 e. The third-order valence-corrected chi connectivity index (χ3v) is 3.74. The summed E-state index contributed by atoms with van der Waals surface area (Å²) in [5.74, 6) is -0.291. The van der Waals surface area contributed by atoms with E-state index in [0.717, 1.165) is 24.8 Å². The second kappa shape index (κ2) is 9.40. The van der Waals surface area contributed by atoms with E-state index in [4.69, 9.17) is 5.73 Å². The van der Waals surface area contributed by atoms with E-state index in [9.17, 15) is 9.90 Å². The maximum absolute atomic E-state index is 11.5. The van der Waals surface area contributed by atoms with Crippen LogP contribution in [0.5, 0.6) is 5.75 Å². The fourth-order valence-electron chi connectivity index (χ4n) is 2.49. The van der Waals surface area contributed by atoms with Crippen molar-refractivity contribution in [3.05, 3.63) is 29.8 Å². The van der Waals surface area contributed by atoms with Gasteiger partial charge in [-0.1, -0.05) is 64.0 Å². The predicted molar refractivity (Wildman–Crippen MR) is 82.7 cm³/mol. The standard InChI is InChI=1S/C17H27NO2/c1-2-3-4-5-6-7-8-9-16(17(18)20)14-10-12-15(19)13-11-14/h10-13,16,19H,2-9H2,1H3,(H2,18,20). The van der Waals surface area contributed by atoms with Crippen LogP contribution in [-0.2, 0) is 4.79 Å². The van der Waals surface area contributed by atoms with Crippen molar-refractivity contribution in [3.63, 3.8) is 0 Å². The zero-order valence-corrected chi connectivity index (χ0v) is 12.5. The Balaban J connectivity index is 2.33. The van der Waals surface area contributed by atoms with Crippen molar-refractivity contribution in [3.8, 4) is 5.75 Å². The molecule has 1 rings (SSSR count). The summed E-state index contributed by atoms with van der Waals surface area (Å²) in [6.45, 7) is 2.22. The molecule has 1 amide bonds. The van der Waals surface area contributed by atoms with Gasteiger partial charge in [0, 0.05) is 0 Å². The monoisotopic (exact) mass is 277 g/mol. The third-order valence-electron chi connectivity index (χ3n) is 3.74. The first-order valence-electron chi connectivity index (χ1n) is 7.73. The summed E-state index contributed by atoms with van der Waals surface area (Å²) in [5, 5.41) is 9.28. The van der Waals surface area contributed by atoms with Crippen LogP contribution in [0.4, 0.5) is 0 Å². The van der Waals surface area contributed by atoms with E-state index in [1.807, 2.05) is 0 Å². The molecule has 3 N–H and O–H groups in total. The van der Waals surface area contributed by atoms with E-state index in [2.05, 4.69) is 6.92 Å². The number of carbonyl (C=O) groups is 1. The van der Waals surface area contributed by atoms with E-state index < -0.39 is 0 Å². The van der Waals surface area contributed by atoms with Crippen LogP contribution in [-0.4, -0.2) is 11.0 Å². The molecule has 1 aromatic carbocycles. The highest BCUT2D eigenvalue weighted by Crippen LogP contribution is 2.24. The average molecular weight is 277 g/mol. The molecule has 0 aromatic heterocycles. The maximum atomic E-state index is 11.5. The molecule has 0 radical (unpaired) electrons. The smallest absolute Gasteiger partial charge is 0.224 e. The summed E-state index contributed by atoms with van der Waals surface area (Å²) < 4.78 is 0. The van der Waals surface area contributed by atoms with Gasteiger partial charge in [-0.2, -0.15) is 0 Å². The summed E-state index contributed by atoms with van der Waals surface area (Å²) in [4.78, 5) is 11.5. The number of phenols is 1. The van der Waals surface area contributed by atoms with Crippen LogP contribution >= 0.6 is 0 Å².